The maximum absolute atomic E-state index is 13.6. The van der Waals surface area contributed by atoms with E-state index in [0.717, 1.165) is 16.9 Å². The van der Waals surface area contributed by atoms with E-state index in [-0.39, 0.29) is 24.2 Å². The highest BCUT2D eigenvalue weighted by atomic mass is 16.7. The summed E-state index contributed by atoms with van der Waals surface area (Å²) >= 11 is 0. The second-order valence-electron chi connectivity index (χ2n) is 9.19. The first-order valence-corrected chi connectivity index (χ1v) is 12.2. The van der Waals surface area contributed by atoms with Gasteiger partial charge in [-0.15, -0.1) is 0 Å². The Morgan fingerprint density at radius 3 is 2.51 bits per heavy atom. The summed E-state index contributed by atoms with van der Waals surface area (Å²) in [5, 5.41) is 21.1. The highest BCUT2D eigenvalue weighted by molar-refractivity contribution is 6.19. The highest BCUT2D eigenvalue weighted by Crippen LogP contribution is 2.49. The molecular formula is C30H26N2O5. The minimum absolute atomic E-state index is 0.0254. The third-order valence-corrected chi connectivity index (χ3v) is 7.12. The molecule has 3 aromatic rings. The van der Waals surface area contributed by atoms with Crippen LogP contribution in [0.2, 0.25) is 0 Å². The molecule has 1 aliphatic carbocycles. The number of rotatable bonds is 4. The van der Waals surface area contributed by atoms with Crippen LogP contribution in [-0.4, -0.2) is 30.6 Å². The van der Waals surface area contributed by atoms with Crippen molar-refractivity contribution in [2.75, 3.05) is 18.8 Å². The number of carbonyl (C=O) groups excluding carboxylic acids is 1. The molecule has 0 radical (unpaired) electrons. The van der Waals surface area contributed by atoms with Crippen molar-refractivity contribution in [1.82, 2.24) is 0 Å². The second-order valence-corrected chi connectivity index (χ2v) is 9.19. The van der Waals surface area contributed by atoms with E-state index in [0.29, 0.717) is 53.2 Å². The van der Waals surface area contributed by atoms with Gasteiger partial charge in [0.1, 0.15) is 17.3 Å². The van der Waals surface area contributed by atoms with E-state index in [1.54, 1.807) is 31.4 Å². The molecule has 3 aromatic carbocycles. The molecule has 2 heterocycles. The van der Waals surface area contributed by atoms with Gasteiger partial charge in [-0.05, 0) is 66.9 Å². The number of amidine groups is 1. The van der Waals surface area contributed by atoms with Crippen LogP contribution in [-0.2, 0) is 4.79 Å². The number of benzene rings is 3. The fourth-order valence-corrected chi connectivity index (χ4v) is 5.38. The number of Topliss-reactive ketones (excluding diaryl/α,β-unsaturated/α-hetero) is 1. The van der Waals surface area contributed by atoms with Crippen LogP contribution in [0.1, 0.15) is 36.3 Å². The van der Waals surface area contributed by atoms with E-state index in [9.17, 15) is 15.3 Å². The molecule has 0 saturated heterocycles. The Morgan fingerprint density at radius 2 is 1.76 bits per heavy atom. The Labute approximate surface area is 214 Å². The summed E-state index contributed by atoms with van der Waals surface area (Å²) in [5.74, 6) is 1.35. The number of aliphatic hydroxyl groups excluding tert-OH is 1. The van der Waals surface area contributed by atoms with Gasteiger partial charge in [-0.25, -0.2) is 0 Å². The van der Waals surface area contributed by atoms with E-state index < -0.39 is 5.92 Å². The molecule has 6 rings (SSSR count). The van der Waals surface area contributed by atoms with Crippen LogP contribution in [0.25, 0.3) is 5.76 Å². The molecule has 0 amide bonds. The van der Waals surface area contributed by atoms with Gasteiger partial charge in [0.15, 0.2) is 17.3 Å². The summed E-state index contributed by atoms with van der Waals surface area (Å²) < 4.78 is 16.4. The number of aliphatic hydroxyl groups is 1. The van der Waals surface area contributed by atoms with Crippen LogP contribution in [0, 0.1) is 5.41 Å². The third kappa shape index (κ3) is 3.83. The predicted octanol–water partition coefficient (Wildman–Crippen LogP) is 5.98. The number of nitrogens with zero attached hydrogens (tertiary/aromatic N) is 1. The van der Waals surface area contributed by atoms with Crippen LogP contribution in [0.15, 0.2) is 89.6 Å². The molecule has 2 aliphatic heterocycles. The van der Waals surface area contributed by atoms with Crippen molar-refractivity contribution < 1.29 is 24.1 Å². The summed E-state index contributed by atoms with van der Waals surface area (Å²) in [6.07, 6.45) is 1.80. The smallest absolute Gasteiger partial charge is 0.231 e. The van der Waals surface area contributed by atoms with Gasteiger partial charge in [-0.1, -0.05) is 24.3 Å². The molecule has 0 unspecified atom stereocenters. The number of para-hydroxylation sites is 1. The zero-order chi connectivity index (χ0) is 25.5. The van der Waals surface area contributed by atoms with Gasteiger partial charge in [0, 0.05) is 40.4 Å². The first kappa shape index (κ1) is 22.9. The minimum Gasteiger partial charge on any atom is -0.507 e. The van der Waals surface area contributed by atoms with Crippen molar-refractivity contribution in [1.29, 1.82) is 5.41 Å². The average Bonchev–Trinajstić information content (AvgIpc) is 3.41. The normalized spacial score (nSPS) is 20.1. The number of hydrogen-bond donors (Lipinski definition) is 2. The maximum Gasteiger partial charge on any atom is 0.231 e. The minimum atomic E-state index is -0.633. The topological polar surface area (TPSA) is 92.1 Å². The summed E-state index contributed by atoms with van der Waals surface area (Å²) in [5.41, 5.74) is 3.85. The molecule has 0 fully saturated rings. The molecule has 0 aromatic heterocycles. The maximum atomic E-state index is 13.6. The summed E-state index contributed by atoms with van der Waals surface area (Å²) in [6.45, 7) is 0.133. The van der Waals surface area contributed by atoms with Crippen LogP contribution in [0.3, 0.4) is 0 Å². The van der Waals surface area contributed by atoms with Gasteiger partial charge >= 0.3 is 0 Å². The van der Waals surface area contributed by atoms with E-state index in [1.165, 1.54) is 0 Å². The Bertz CT molecular complexity index is 1460. The Kier molecular flexibility index (Phi) is 5.68. The molecule has 7 heteroatoms. The lowest BCUT2D eigenvalue weighted by atomic mass is 9.73. The first-order valence-electron chi connectivity index (χ1n) is 12.2. The quantitative estimate of drug-likeness (QED) is 0.434. The van der Waals surface area contributed by atoms with Crippen molar-refractivity contribution >= 4 is 23.1 Å². The number of ether oxygens (including phenoxy) is 3. The zero-order valence-corrected chi connectivity index (χ0v) is 20.4. The van der Waals surface area contributed by atoms with Gasteiger partial charge < -0.3 is 19.3 Å². The SMILES string of the molecule is COc1ccc(/C(O)=C2\C(=N)N(c3ccccc3)C3=C(C(=O)CCC3)[C@H]2c2ccc3c(c2)OCO3)cc1. The number of fused-ring (bicyclic) bond motifs is 1. The molecular weight excluding hydrogens is 468 g/mol. The molecule has 7 nitrogen and oxygen atoms in total. The number of nitrogens with one attached hydrogen (secondary N) is 1. The summed E-state index contributed by atoms with van der Waals surface area (Å²) in [7, 11) is 1.58. The zero-order valence-electron chi connectivity index (χ0n) is 20.4. The Hall–Kier alpha value is -4.52. The third-order valence-electron chi connectivity index (χ3n) is 7.12. The van der Waals surface area contributed by atoms with Crippen molar-refractivity contribution in [2.24, 2.45) is 0 Å². The van der Waals surface area contributed by atoms with Gasteiger partial charge in [0.25, 0.3) is 0 Å². The van der Waals surface area contributed by atoms with Gasteiger partial charge in [0.05, 0.1) is 7.11 Å². The van der Waals surface area contributed by atoms with E-state index in [4.69, 9.17) is 14.2 Å². The van der Waals surface area contributed by atoms with E-state index in [2.05, 4.69) is 0 Å². The van der Waals surface area contributed by atoms with Crippen LogP contribution >= 0.6 is 0 Å². The lowest BCUT2D eigenvalue weighted by Crippen LogP contribution is -2.42. The fraction of sp³-hybridized carbons (Fsp3) is 0.200. The van der Waals surface area contributed by atoms with Crippen LogP contribution in [0.4, 0.5) is 5.69 Å². The Morgan fingerprint density at radius 1 is 1.00 bits per heavy atom. The van der Waals surface area contributed by atoms with Crippen molar-refractivity contribution in [3.05, 3.63) is 101 Å². The number of anilines is 1. The molecule has 2 N–H and O–H groups in total. The number of ketones is 1. The lowest BCUT2D eigenvalue weighted by molar-refractivity contribution is -0.116. The lowest BCUT2D eigenvalue weighted by Gasteiger charge is -2.41. The van der Waals surface area contributed by atoms with Crippen molar-refractivity contribution in [2.45, 2.75) is 25.2 Å². The van der Waals surface area contributed by atoms with Crippen molar-refractivity contribution in [3.8, 4) is 17.2 Å². The van der Waals surface area contributed by atoms with E-state index in [1.807, 2.05) is 53.4 Å². The second kappa shape index (κ2) is 9.17. The molecule has 37 heavy (non-hydrogen) atoms. The summed E-state index contributed by atoms with van der Waals surface area (Å²) in [4.78, 5) is 15.4. The number of allylic oxidation sites excluding steroid dienone is 2. The van der Waals surface area contributed by atoms with Crippen LogP contribution in [0.5, 0.6) is 17.2 Å². The fourth-order valence-electron chi connectivity index (χ4n) is 5.38. The average molecular weight is 495 g/mol. The number of methoxy groups -OCH3 is 1. The highest BCUT2D eigenvalue weighted by Gasteiger charge is 2.43. The van der Waals surface area contributed by atoms with E-state index >= 15 is 0 Å². The molecule has 3 aliphatic rings. The molecule has 0 bridgehead atoms. The summed E-state index contributed by atoms with van der Waals surface area (Å²) in [6, 6.07) is 22.2. The van der Waals surface area contributed by atoms with Gasteiger partial charge in [-0.3, -0.25) is 15.1 Å². The standard InChI is InChI=1S/C30H26N2O5/c1-35-21-13-10-18(11-14-21)29(34)28-26(19-12-15-24-25(16-19)37-17-36-24)27-22(8-5-9-23(27)33)32(30(28)31)20-6-3-2-4-7-20/h2-4,6-7,10-16,26,31,34H,5,8-9,17H2,1H3/b29-28+,31-30?/t26-/m1/s1. The van der Waals surface area contributed by atoms with Crippen molar-refractivity contribution in [3.63, 3.8) is 0 Å². The molecule has 0 spiro atoms. The Balaban J connectivity index is 1.62. The van der Waals surface area contributed by atoms with Gasteiger partial charge in [-0.2, -0.15) is 0 Å². The largest absolute Gasteiger partial charge is 0.507 e. The van der Waals surface area contributed by atoms with Gasteiger partial charge in [0.2, 0.25) is 6.79 Å². The number of carbonyl (C=O) groups is 1. The number of hydrogen-bond acceptors (Lipinski definition) is 6. The van der Waals surface area contributed by atoms with Crippen LogP contribution < -0.4 is 19.1 Å². The predicted molar refractivity (Wildman–Crippen MR) is 140 cm³/mol. The first-order chi connectivity index (χ1) is 18.1. The monoisotopic (exact) mass is 494 g/mol. The molecule has 0 saturated carbocycles. The molecule has 1 atom stereocenters. The molecule has 186 valence electrons.